The van der Waals surface area contributed by atoms with Crippen LogP contribution < -0.4 is 5.32 Å². The lowest BCUT2D eigenvalue weighted by Crippen LogP contribution is -2.25. The molecule has 0 spiro atoms. The number of nitrogens with one attached hydrogen (secondary N) is 2. The van der Waals surface area contributed by atoms with E-state index in [0.717, 1.165) is 29.7 Å². The summed E-state index contributed by atoms with van der Waals surface area (Å²) in [7, 11) is 0. The molecule has 0 bridgehead atoms. The highest BCUT2D eigenvalue weighted by Crippen LogP contribution is 2.19. The van der Waals surface area contributed by atoms with Gasteiger partial charge in [0.15, 0.2) is 10.8 Å². The minimum absolute atomic E-state index is 0.187. The molecule has 0 fully saturated rings. The van der Waals surface area contributed by atoms with Gasteiger partial charge in [0.25, 0.3) is 5.91 Å². The summed E-state index contributed by atoms with van der Waals surface area (Å²) >= 11 is 1.36. The van der Waals surface area contributed by atoms with Crippen molar-refractivity contribution < 1.29 is 4.79 Å². The standard InChI is InChI=1S/C18H16N6OS/c25-17(14-11-26-18(24-14)16-19-9-4-10-20-16)21-8-3-7-15-22-12-5-1-2-6-13(12)23-15/h1-2,4-6,9-11H,3,7-8H2,(H,21,25)(H,22,23). The lowest BCUT2D eigenvalue weighted by Gasteiger charge is -2.02. The fourth-order valence-electron chi connectivity index (χ4n) is 2.56. The molecule has 8 heteroatoms. The molecule has 0 aliphatic heterocycles. The zero-order valence-corrected chi connectivity index (χ0v) is 14.7. The fourth-order valence-corrected chi connectivity index (χ4v) is 3.31. The predicted octanol–water partition coefficient (Wildman–Crippen LogP) is 2.84. The smallest absolute Gasteiger partial charge is 0.270 e. The number of fused-ring (bicyclic) bond motifs is 1. The summed E-state index contributed by atoms with van der Waals surface area (Å²) in [5.74, 6) is 1.27. The van der Waals surface area contributed by atoms with Gasteiger partial charge < -0.3 is 10.3 Å². The van der Waals surface area contributed by atoms with Gasteiger partial charge in [-0.05, 0) is 24.6 Å². The van der Waals surface area contributed by atoms with Crippen molar-refractivity contribution in [1.82, 2.24) is 30.2 Å². The van der Waals surface area contributed by atoms with E-state index in [1.807, 2.05) is 24.3 Å². The van der Waals surface area contributed by atoms with Crippen molar-refractivity contribution in [3.05, 3.63) is 59.6 Å². The normalized spacial score (nSPS) is 10.9. The number of H-pyrrole nitrogens is 1. The van der Waals surface area contributed by atoms with E-state index in [2.05, 4.69) is 30.2 Å². The summed E-state index contributed by atoms with van der Waals surface area (Å²) in [5, 5.41) is 5.25. The van der Waals surface area contributed by atoms with Gasteiger partial charge in [-0.1, -0.05) is 12.1 Å². The van der Waals surface area contributed by atoms with Crippen molar-refractivity contribution >= 4 is 28.3 Å². The minimum Gasteiger partial charge on any atom is -0.351 e. The van der Waals surface area contributed by atoms with Crippen molar-refractivity contribution in [2.45, 2.75) is 12.8 Å². The molecule has 2 N–H and O–H groups in total. The second-order valence-corrected chi connectivity index (χ2v) is 6.53. The zero-order valence-electron chi connectivity index (χ0n) is 13.8. The number of aromatic nitrogens is 5. The number of amides is 1. The number of aromatic amines is 1. The average Bonchev–Trinajstić information content (AvgIpc) is 3.32. The van der Waals surface area contributed by atoms with E-state index in [-0.39, 0.29) is 5.91 Å². The molecule has 0 radical (unpaired) electrons. The quantitative estimate of drug-likeness (QED) is 0.513. The van der Waals surface area contributed by atoms with Crippen molar-refractivity contribution in [2.75, 3.05) is 6.54 Å². The van der Waals surface area contributed by atoms with Gasteiger partial charge in [0, 0.05) is 30.7 Å². The van der Waals surface area contributed by atoms with Crippen LogP contribution in [-0.4, -0.2) is 37.4 Å². The number of thiazole rings is 1. The van der Waals surface area contributed by atoms with Crippen LogP contribution >= 0.6 is 11.3 Å². The lowest BCUT2D eigenvalue weighted by atomic mass is 10.3. The fraction of sp³-hybridized carbons (Fsp3) is 0.167. The van der Waals surface area contributed by atoms with E-state index in [0.29, 0.717) is 23.1 Å². The third-order valence-electron chi connectivity index (χ3n) is 3.81. The molecular formula is C18H16N6OS. The number of aryl methyl sites for hydroxylation is 1. The lowest BCUT2D eigenvalue weighted by molar-refractivity contribution is 0.0949. The Hall–Kier alpha value is -3.13. The van der Waals surface area contributed by atoms with E-state index in [1.54, 1.807) is 23.8 Å². The maximum Gasteiger partial charge on any atom is 0.270 e. The summed E-state index contributed by atoms with van der Waals surface area (Å²) in [6.45, 7) is 0.560. The number of carbonyl (C=O) groups is 1. The van der Waals surface area contributed by atoms with Crippen molar-refractivity contribution in [2.24, 2.45) is 0 Å². The summed E-state index contributed by atoms with van der Waals surface area (Å²) in [5.41, 5.74) is 2.38. The molecule has 7 nitrogen and oxygen atoms in total. The minimum atomic E-state index is -0.187. The van der Waals surface area contributed by atoms with Crippen LogP contribution in [-0.2, 0) is 6.42 Å². The molecule has 130 valence electrons. The van der Waals surface area contributed by atoms with E-state index in [1.165, 1.54) is 11.3 Å². The van der Waals surface area contributed by atoms with Crippen molar-refractivity contribution in [1.29, 1.82) is 0 Å². The van der Waals surface area contributed by atoms with E-state index < -0.39 is 0 Å². The molecule has 0 unspecified atom stereocenters. The van der Waals surface area contributed by atoms with Gasteiger partial charge >= 0.3 is 0 Å². The molecule has 0 atom stereocenters. The van der Waals surface area contributed by atoms with Gasteiger partial charge in [-0.3, -0.25) is 4.79 Å². The van der Waals surface area contributed by atoms with E-state index >= 15 is 0 Å². The molecule has 4 rings (SSSR count). The highest BCUT2D eigenvalue weighted by molar-refractivity contribution is 7.13. The van der Waals surface area contributed by atoms with E-state index in [9.17, 15) is 4.79 Å². The van der Waals surface area contributed by atoms with Crippen LogP contribution in [0.5, 0.6) is 0 Å². The van der Waals surface area contributed by atoms with Crippen LogP contribution in [0.1, 0.15) is 22.7 Å². The monoisotopic (exact) mass is 364 g/mol. The molecule has 0 aliphatic rings. The van der Waals surface area contributed by atoms with E-state index in [4.69, 9.17) is 0 Å². The van der Waals surface area contributed by atoms with Crippen LogP contribution in [0.2, 0.25) is 0 Å². The van der Waals surface area contributed by atoms with Crippen molar-refractivity contribution in [3.8, 4) is 10.8 Å². The number of rotatable bonds is 6. The number of hydrogen-bond donors (Lipinski definition) is 2. The number of carbonyl (C=O) groups excluding carboxylic acids is 1. The molecule has 0 aliphatic carbocycles. The van der Waals surface area contributed by atoms with Gasteiger partial charge in [0.05, 0.1) is 11.0 Å². The first kappa shape index (κ1) is 16.3. The van der Waals surface area contributed by atoms with Crippen molar-refractivity contribution in [3.63, 3.8) is 0 Å². The Kier molecular flexibility index (Phi) is 4.65. The van der Waals surface area contributed by atoms with Gasteiger partial charge in [-0.25, -0.2) is 19.9 Å². The number of imidazole rings is 1. The van der Waals surface area contributed by atoms with Gasteiger partial charge in [-0.2, -0.15) is 0 Å². The molecule has 0 saturated heterocycles. The van der Waals surface area contributed by atoms with Gasteiger partial charge in [0.1, 0.15) is 11.5 Å². The number of benzene rings is 1. The Morgan fingerprint density at radius 3 is 2.81 bits per heavy atom. The summed E-state index contributed by atoms with van der Waals surface area (Å²) in [4.78, 5) is 32.6. The first-order valence-corrected chi connectivity index (χ1v) is 9.12. The van der Waals surface area contributed by atoms with Gasteiger partial charge in [0.2, 0.25) is 0 Å². The maximum atomic E-state index is 12.2. The second-order valence-electron chi connectivity index (χ2n) is 5.67. The SMILES string of the molecule is O=C(NCCCc1nc2ccccc2[nH]1)c1csc(-c2ncccn2)n1. The molecule has 3 heterocycles. The van der Waals surface area contributed by atoms with Crippen LogP contribution in [0, 0.1) is 0 Å². The van der Waals surface area contributed by atoms with Crippen LogP contribution in [0.4, 0.5) is 0 Å². The second kappa shape index (κ2) is 7.40. The first-order valence-electron chi connectivity index (χ1n) is 8.24. The Labute approximate surface area is 153 Å². The third kappa shape index (κ3) is 3.60. The summed E-state index contributed by atoms with van der Waals surface area (Å²) < 4.78 is 0. The molecular weight excluding hydrogens is 348 g/mol. The van der Waals surface area contributed by atoms with Crippen LogP contribution in [0.15, 0.2) is 48.1 Å². The largest absolute Gasteiger partial charge is 0.351 e. The predicted molar refractivity (Wildman–Crippen MR) is 99.9 cm³/mol. The molecule has 0 saturated carbocycles. The number of nitrogens with zero attached hydrogens (tertiary/aromatic N) is 4. The molecule has 1 aromatic carbocycles. The Morgan fingerprint density at radius 2 is 1.96 bits per heavy atom. The topological polar surface area (TPSA) is 96.5 Å². The van der Waals surface area contributed by atoms with Crippen LogP contribution in [0.3, 0.4) is 0 Å². The van der Waals surface area contributed by atoms with Crippen LogP contribution in [0.25, 0.3) is 21.9 Å². The third-order valence-corrected chi connectivity index (χ3v) is 4.65. The summed E-state index contributed by atoms with van der Waals surface area (Å²) in [6, 6.07) is 9.67. The molecule has 1 amide bonds. The molecule has 4 aromatic rings. The number of hydrogen-bond acceptors (Lipinski definition) is 6. The Bertz CT molecular complexity index is 993. The zero-order chi connectivity index (χ0) is 17.8. The first-order chi connectivity index (χ1) is 12.8. The summed E-state index contributed by atoms with van der Waals surface area (Å²) in [6.07, 6.45) is 4.88. The highest BCUT2D eigenvalue weighted by Gasteiger charge is 2.12. The average molecular weight is 364 g/mol. The highest BCUT2D eigenvalue weighted by atomic mass is 32.1. The number of para-hydroxylation sites is 2. The molecule has 26 heavy (non-hydrogen) atoms. The Morgan fingerprint density at radius 1 is 1.12 bits per heavy atom. The van der Waals surface area contributed by atoms with Gasteiger partial charge in [-0.15, -0.1) is 11.3 Å². The Balaban J connectivity index is 1.29. The molecule has 3 aromatic heterocycles. The maximum absolute atomic E-state index is 12.2.